The second-order valence-electron chi connectivity index (χ2n) is 4.23. The van der Waals surface area contributed by atoms with Gasteiger partial charge in [-0.15, -0.1) is 11.3 Å². The number of carbonyl (C=O) groups excluding carboxylic acids is 1. The van der Waals surface area contributed by atoms with Crippen LogP contribution in [0.2, 0.25) is 0 Å². The fourth-order valence-electron chi connectivity index (χ4n) is 1.85. The van der Waals surface area contributed by atoms with E-state index in [1.807, 2.05) is 0 Å². The van der Waals surface area contributed by atoms with E-state index in [4.69, 9.17) is 5.53 Å². The first-order chi connectivity index (χ1) is 9.00. The summed E-state index contributed by atoms with van der Waals surface area (Å²) in [5, 5.41) is 6.13. The Morgan fingerprint density at radius 2 is 2.37 bits per heavy atom. The first kappa shape index (κ1) is 13.9. The number of nitrogens with one attached hydrogen (secondary N) is 1. The van der Waals surface area contributed by atoms with E-state index in [-0.39, 0.29) is 30.0 Å². The summed E-state index contributed by atoms with van der Waals surface area (Å²) in [4.78, 5) is 15.8. The van der Waals surface area contributed by atoms with E-state index >= 15 is 0 Å². The number of hydrogen-bond acceptors (Lipinski definition) is 5. The number of carbonyl (C=O) groups is 1. The molecule has 1 atom stereocenters. The molecule has 1 aromatic rings. The van der Waals surface area contributed by atoms with Crippen LogP contribution in [0.1, 0.15) is 21.0 Å². The molecule has 1 aliphatic rings. The van der Waals surface area contributed by atoms with E-state index in [0.717, 1.165) is 4.88 Å². The van der Waals surface area contributed by atoms with Crippen molar-refractivity contribution in [3.05, 3.63) is 32.3 Å². The molecule has 1 N–H and O–H groups in total. The summed E-state index contributed by atoms with van der Waals surface area (Å²) in [5.74, 6) is -0.139. The largest absolute Gasteiger partial charge is 0.348 e. The maximum absolute atomic E-state index is 11.9. The number of nitrogens with zero attached hydrogens (tertiary/aromatic N) is 3. The van der Waals surface area contributed by atoms with Crippen molar-refractivity contribution in [2.75, 3.05) is 11.5 Å². The Balaban J connectivity index is 1.96. The number of thiophene rings is 1. The van der Waals surface area contributed by atoms with E-state index in [2.05, 4.69) is 15.3 Å². The fraction of sp³-hybridized carbons (Fsp3) is 0.500. The van der Waals surface area contributed by atoms with Gasteiger partial charge in [-0.2, -0.15) is 0 Å². The highest BCUT2D eigenvalue weighted by Gasteiger charge is 2.29. The summed E-state index contributed by atoms with van der Waals surface area (Å²) in [6.07, 6.45) is 0.463. The van der Waals surface area contributed by atoms with Gasteiger partial charge in [0, 0.05) is 15.8 Å². The standard InChI is InChI=1S/C10H12N4O3S2/c11-14-12-5-8-1-2-9(18-8)10(15)13-7-3-4-19(16,17)6-7/h1-2,7H,3-6H2,(H,13,15). The highest BCUT2D eigenvalue weighted by atomic mass is 32.2. The molecular weight excluding hydrogens is 288 g/mol. The quantitative estimate of drug-likeness (QED) is 0.516. The summed E-state index contributed by atoms with van der Waals surface area (Å²) in [7, 11) is -3.00. The molecule has 2 rings (SSSR count). The molecule has 19 heavy (non-hydrogen) atoms. The lowest BCUT2D eigenvalue weighted by atomic mass is 10.2. The first-order valence-corrected chi connectivity index (χ1v) is 8.25. The molecule has 1 unspecified atom stereocenters. The predicted molar refractivity (Wildman–Crippen MR) is 71.7 cm³/mol. The van der Waals surface area contributed by atoms with E-state index in [0.29, 0.717) is 11.3 Å². The lowest BCUT2D eigenvalue weighted by molar-refractivity contribution is 0.0945. The van der Waals surface area contributed by atoms with Crippen LogP contribution in [0.4, 0.5) is 0 Å². The Morgan fingerprint density at radius 3 is 3.00 bits per heavy atom. The van der Waals surface area contributed by atoms with E-state index in [1.54, 1.807) is 12.1 Å². The minimum absolute atomic E-state index is 0.00962. The molecule has 0 bridgehead atoms. The van der Waals surface area contributed by atoms with Gasteiger partial charge in [-0.05, 0) is 24.1 Å². The Hall–Kier alpha value is -1.57. The Morgan fingerprint density at radius 1 is 1.58 bits per heavy atom. The van der Waals surface area contributed by atoms with Crippen molar-refractivity contribution < 1.29 is 13.2 Å². The normalized spacial score (nSPS) is 20.7. The van der Waals surface area contributed by atoms with Gasteiger partial charge in [-0.3, -0.25) is 4.79 Å². The number of hydrogen-bond donors (Lipinski definition) is 1. The van der Waals surface area contributed by atoms with Gasteiger partial charge in [0.25, 0.3) is 5.91 Å². The minimum Gasteiger partial charge on any atom is -0.348 e. The SMILES string of the molecule is [N-]=[N+]=NCc1ccc(C(=O)NC2CCS(=O)(=O)C2)s1. The van der Waals surface area contributed by atoms with Gasteiger partial charge in [-0.25, -0.2) is 8.42 Å². The lowest BCUT2D eigenvalue weighted by Gasteiger charge is -2.09. The molecule has 0 aromatic carbocycles. The molecule has 1 aromatic heterocycles. The van der Waals surface area contributed by atoms with Crippen LogP contribution in [-0.4, -0.2) is 31.9 Å². The topological polar surface area (TPSA) is 112 Å². The van der Waals surface area contributed by atoms with Crippen LogP contribution in [0.15, 0.2) is 17.2 Å². The van der Waals surface area contributed by atoms with Gasteiger partial charge in [-0.1, -0.05) is 5.11 Å². The maximum atomic E-state index is 11.9. The molecule has 1 saturated heterocycles. The zero-order chi connectivity index (χ0) is 13.9. The number of amides is 1. The van der Waals surface area contributed by atoms with Crippen molar-refractivity contribution in [2.24, 2.45) is 5.11 Å². The second-order valence-corrected chi connectivity index (χ2v) is 7.63. The van der Waals surface area contributed by atoms with Gasteiger partial charge < -0.3 is 5.32 Å². The molecule has 1 aliphatic heterocycles. The van der Waals surface area contributed by atoms with Gasteiger partial charge in [0.15, 0.2) is 9.84 Å². The summed E-state index contributed by atoms with van der Waals surface area (Å²) in [6, 6.07) is 3.06. The molecule has 9 heteroatoms. The summed E-state index contributed by atoms with van der Waals surface area (Å²) in [5.41, 5.74) is 8.21. The molecule has 1 fully saturated rings. The van der Waals surface area contributed by atoms with Crippen LogP contribution in [0.3, 0.4) is 0 Å². The highest BCUT2D eigenvalue weighted by Crippen LogP contribution is 2.19. The Labute approximate surface area is 114 Å². The van der Waals surface area contributed by atoms with Crippen molar-refractivity contribution in [1.29, 1.82) is 0 Å². The zero-order valence-electron chi connectivity index (χ0n) is 9.94. The third-order valence-corrected chi connectivity index (χ3v) is 5.58. The van der Waals surface area contributed by atoms with E-state index < -0.39 is 9.84 Å². The number of sulfone groups is 1. The molecule has 0 saturated carbocycles. The molecule has 2 heterocycles. The van der Waals surface area contributed by atoms with Gasteiger partial charge in [0.05, 0.1) is 22.9 Å². The molecule has 7 nitrogen and oxygen atoms in total. The van der Waals surface area contributed by atoms with Crippen LogP contribution in [0.25, 0.3) is 10.4 Å². The third-order valence-electron chi connectivity index (χ3n) is 2.74. The monoisotopic (exact) mass is 300 g/mol. The maximum Gasteiger partial charge on any atom is 0.261 e. The van der Waals surface area contributed by atoms with Gasteiger partial charge in [0.2, 0.25) is 0 Å². The first-order valence-electron chi connectivity index (χ1n) is 5.61. The van der Waals surface area contributed by atoms with Crippen molar-refractivity contribution in [2.45, 2.75) is 19.0 Å². The Bertz CT molecular complexity index is 631. The van der Waals surface area contributed by atoms with Crippen molar-refractivity contribution in [3.8, 4) is 0 Å². The smallest absolute Gasteiger partial charge is 0.261 e. The molecular formula is C10H12N4O3S2. The van der Waals surface area contributed by atoms with Crippen LogP contribution >= 0.6 is 11.3 Å². The zero-order valence-corrected chi connectivity index (χ0v) is 11.6. The molecule has 1 amide bonds. The van der Waals surface area contributed by atoms with Crippen LogP contribution in [0, 0.1) is 0 Å². The summed E-state index contributed by atoms with van der Waals surface area (Å²) in [6.45, 7) is 0.215. The average molecular weight is 300 g/mol. The second kappa shape index (κ2) is 5.60. The number of azide groups is 1. The summed E-state index contributed by atoms with van der Waals surface area (Å²) >= 11 is 1.24. The van der Waals surface area contributed by atoms with E-state index in [1.165, 1.54) is 11.3 Å². The number of rotatable bonds is 4. The van der Waals surface area contributed by atoms with Crippen molar-refractivity contribution in [3.63, 3.8) is 0 Å². The summed E-state index contributed by atoms with van der Waals surface area (Å²) < 4.78 is 22.6. The van der Waals surface area contributed by atoms with E-state index in [9.17, 15) is 13.2 Å². The molecule has 0 aliphatic carbocycles. The predicted octanol–water partition coefficient (Wildman–Crippen LogP) is 1.48. The molecule has 0 radical (unpaired) electrons. The average Bonchev–Trinajstić information content (AvgIpc) is 2.93. The van der Waals surface area contributed by atoms with Crippen LogP contribution < -0.4 is 5.32 Å². The van der Waals surface area contributed by atoms with Gasteiger partial charge in [0.1, 0.15) is 0 Å². The van der Waals surface area contributed by atoms with Gasteiger partial charge >= 0.3 is 0 Å². The lowest BCUT2D eigenvalue weighted by Crippen LogP contribution is -2.35. The fourth-order valence-corrected chi connectivity index (χ4v) is 4.35. The Kier molecular flexibility index (Phi) is 4.08. The molecule has 0 spiro atoms. The third kappa shape index (κ3) is 3.69. The minimum atomic E-state index is -3.00. The highest BCUT2D eigenvalue weighted by molar-refractivity contribution is 7.91. The molecule has 102 valence electrons. The van der Waals surface area contributed by atoms with Crippen molar-refractivity contribution >= 4 is 27.1 Å². The van der Waals surface area contributed by atoms with Crippen molar-refractivity contribution in [1.82, 2.24) is 5.32 Å². The van der Waals surface area contributed by atoms with Crippen LogP contribution in [0.5, 0.6) is 0 Å². The van der Waals surface area contributed by atoms with Crippen LogP contribution in [-0.2, 0) is 16.4 Å².